The second kappa shape index (κ2) is 2.43. The van der Waals surface area contributed by atoms with Crippen molar-refractivity contribution in [2.24, 2.45) is 0 Å². The Hall–Kier alpha value is -0.443. The lowest BCUT2D eigenvalue weighted by Gasteiger charge is -2.15. The van der Waals surface area contributed by atoms with E-state index in [0.29, 0.717) is 10.2 Å². The third kappa shape index (κ3) is 1.75. The molecule has 0 bridgehead atoms. The van der Waals surface area contributed by atoms with Crippen molar-refractivity contribution in [2.75, 3.05) is 0 Å². The molecule has 0 N–H and O–H groups in total. The molecule has 0 spiro atoms. The highest BCUT2D eigenvalue weighted by atomic mass is 28.1. The van der Waals surface area contributed by atoms with Crippen LogP contribution in [0.1, 0.15) is 20.8 Å². The second-order valence-corrected chi connectivity index (χ2v) is 4.74. The number of hydrogen-bond donors (Lipinski definition) is 0. The Labute approximate surface area is 58.1 Å². The van der Waals surface area contributed by atoms with Crippen molar-refractivity contribution in [3.63, 3.8) is 0 Å². The average molecular weight is 144 g/mol. The maximum atomic E-state index is 10.7. The van der Waals surface area contributed by atoms with Crippen LogP contribution in [-0.2, 0) is 9.59 Å². The molecule has 0 unspecified atom stereocenters. The monoisotopic (exact) mass is 144 g/mol. The topological polar surface area (TPSA) is 34.1 Å². The van der Waals surface area contributed by atoms with E-state index in [4.69, 9.17) is 0 Å². The lowest BCUT2D eigenvalue weighted by Crippen LogP contribution is -2.25. The van der Waals surface area contributed by atoms with E-state index in [9.17, 15) is 9.59 Å². The Bertz CT molecular complexity index is 133. The Balaban J connectivity index is 4.38. The van der Waals surface area contributed by atoms with E-state index in [1.807, 2.05) is 0 Å². The molecule has 0 aromatic rings. The average Bonchev–Trinajstić information content (AvgIpc) is 1.65. The molecule has 0 aliphatic heterocycles. The molecule has 0 aromatic heterocycles. The molecule has 0 aliphatic carbocycles. The molecule has 0 fully saturated rings. The summed E-state index contributed by atoms with van der Waals surface area (Å²) in [6, 6.07) is 0. The predicted molar refractivity (Wildman–Crippen MR) is 39.7 cm³/mol. The van der Waals surface area contributed by atoms with Crippen LogP contribution in [0.5, 0.6) is 0 Å². The largest absolute Gasteiger partial charge is 0.299 e. The van der Waals surface area contributed by atoms with Crippen LogP contribution >= 0.6 is 0 Å². The zero-order chi connectivity index (χ0) is 7.65. The summed E-state index contributed by atoms with van der Waals surface area (Å²) < 4.78 is 0. The van der Waals surface area contributed by atoms with Gasteiger partial charge in [0.05, 0.1) is 5.04 Å². The first-order chi connectivity index (χ1) is 3.89. The fourth-order valence-electron chi connectivity index (χ4n) is 0.248. The summed E-state index contributed by atoms with van der Waals surface area (Å²) in [7, 11) is 0.618. The molecular weight excluding hydrogens is 132 g/mol. The molecule has 0 heterocycles. The van der Waals surface area contributed by atoms with Crippen LogP contribution in [0.3, 0.4) is 0 Å². The minimum Gasteiger partial charge on any atom is -0.299 e. The fourth-order valence-corrected chi connectivity index (χ4v) is 0.248. The molecule has 0 radical (unpaired) electrons. The zero-order valence-corrected chi connectivity index (χ0v) is 8.32. The van der Waals surface area contributed by atoms with Gasteiger partial charge in [-0.1, -0.05) is 0 Å². The molecule has 0 saturated heterocycles. The first-order valence-electron chi connectivity index (χ1n) is 2.91. The number of carbonyl (C=O) groups is 2. The third-order valence-corrected chi connectivity index (χ3v) is 3.17. The summed E-state index contributed by atoms with van der Waals surface area (Å²) in [5.41, 5.74) is 0. The second-order valence-electron chi connectivity index (χ2n) is 2.74. The van der Waals surface area contributed by atoms with Gasteiger partial charge in [0.25, 0.3) is 0 Å². The minimum absolute atomic E-state index is 0.0123. The van der Waals surface area contributed by atoms with Gasteiger partial charge in [-0.2, -0.15) is 0 Å². The normalized spacial score (nSPS) is 11.4. The lowest BCUT2D eigenvalue weighted by molar-refractivity contribution is -0.128. The van der Waals surface area contributed by atoms with E-state index in [1.54, 1.807) is 6.92 Å². The van der Waals surface area contributed by atoms with Crippen molar-refractivity contribution in [1.29, 1.82) is 0 Å². The Morgan fingerprint density at radius 1 is 1.22 bits per heavy atom. The molecule has 52 valence electrons. The van der Waals surface area contributed by atoms with Gasteiger partial charge in [-0.3, -0.25) is 9.59 Å². The van der Waals surface area contributed by atoms with Crippen LogP contribution in [0.15, 0.2) is 0 Å². The molecule has 9 heavy (non-hydrogen) atoms. The summed E-state index contributed by atoms with van der Waals surface area (Å²) >= 11 is 0. The van der Waals surface area contributed by atoms with Crippen LogP contribution in [0, 0.1) is 0 Å². The summed E-state index contributed by atoms with van der Waals surface area (Å²) in [4.78, 5) is 21.4. The van der Waals surface area contributed by atoms with Gasteiger partial charge < -0.3 is 0 Å². The number of rotatable bonds is 2. The maximum absolute atomic E-state index is 10.7. The molecule has 2 nitrogen and oxygen atoms in total. The first-order valence-corrected chi connectivity index (χ1v) is 3.91. The van der Waals surface area contributed by atoms with Crippen LogP contribution in [-0.4, -0.2) is 21.8 Å². The molecule has 3 heteroatoms. The Morgan fingerprint density at radius 2 is 1.44 bits per heavy atom. The van der Waals surface area contributed by atoms with E-state index in [0.717, 1.165) is 0 Å². The van der Waals surface area contributed by atoms with Gasteiger partial charge in [0.2, 0.25) is 0 Å². The van der Waals surface area contributed by atoms with Gasteiger partial charge in [-0.15, -0.1) is 0 Å². The number of Topliss-reactive ketones (excluding diaryl/α,β-unsaturated/α-hetero) is 2. The molecule has 0 saturated carbocycles. The van der Waals surface area contributed by atoms with Crippen molar-refractivity contribution < 1.29 is 9.59 Å². The third-order valence-electron chi connectivity index (χ3n) is 1.76. The maximum Gasteiger partial charge on any atom is 0.139 e. The summed E-state index contributed by atoms with van der Waals surface area (Å²) in [6.45, 7) is 4.63. The quantitative estimate of drug-likeness (QED) is 0.394. The number of hydrogen-bond acceptors (Lipinski definition) is 2. The SMILES string of the molecule is CC(=O)C(C)([SiH3])C(C)=O. The highest BCUT2D eigenvalue weighted by Gasteiger charge is 2.28. The summed E-state index contributed by atoms with van der Waals surface area (Å²) in [5, 5.41) is -0.639. The number of ketones is 2. The Kier molecular flexibility index (Phi) is 2.31. The lowest BCUT2D eigenvalue weighted by atomic mass is 10.0. The zero-order valence-electron chi connectivity index (χ0n) is 6.32. The van der Waals surface area contributed by atoms with Gasteiger partial charge in [0.15, 0.2) is 0 Å². The van der Waals surface area contributed by atoms with Gasteiger partial charge >= 0.3 is 0 Å². The van der Waals surface area contributed by atoms with Gasteiger partial charge in [0.1, 0.15) is 11.6 Å². The molecule has 0 amide bonds. The van der Waals surface area contributed by atoms with Gasteiger partial charge in [-0.05, 0) is 20.8 Å². The fraction of sp³-hybridized carbons (Fsp3) is 0.667. The van der Waals surface area contributed by atoms with Crippen molar-refractivity contribution in [3.05, 3.63) is 0 Å². The van der Waals surface area contributed by atoms with Crippen molar-refractivity contribution in [2.45, 2.75) is 25.8 Å². The van der Waals surface area contributed by atoms with Gasteiger partial charge in [0, 0.05) is 10.2 Å². The summed E-state index contributed by atoms with van der Waals surface area (Å²) in [5.74, 6) is -0.0247. The van der Waals surface area contributed by atoms with E-state index in [1.165, 1.54) is 13.8 Å². The standard InChI is InChI=1S/C6H12O2Si/c1-4(7)6(3,9)5(2)8/h1-3,9H3. The molecule has 0 rings (SSSR count). The molecule has 0 atom stereocenters. The van der Waals surface area contributed by atoms with Gasteiger partial charge in [-0.25, -0.2) is 0 Å². The van der Waals surface area contributed by atoms with Crippen molar-refractivity contribution in [3.8, 4) is 0 Å². The van der Waals surface area contributed by atoms with Crippen molar-refractivity contribution >= 4 is 21.8 Å². The Morgan fingerprint density at radius 3 is 1.44 bits per heavy atom. The van der Waals surface area contributed by atoms with E-state index in [2.05, 4.69) is 0 Å². The van der Waals surface area contributed by atoms with E-state index in [-0.39, 0.29) is 11.6 Å². The molecule has 0 aromatic carbocycles. The van der Waals surface area contributed by atoms with E-state index >= 15 is 0 Å². The van der Waals surface area contributed by atoms with Crippen molar-refractivity contribution in [1.82, 2.24) is 0 Å². The highest BCUT2D eigenvalue weighted by Crippen LogP contribution is 2.21. The predicted octanol–water partition coefficient (Wildman–Crippen LogP) is -0.292. The number of carbonyl (C=O) groups excluding carboxylic acids is 2. The minimum atomic E-state index is -0.639. The van der Waals surface area contributed by atoms with Crippen LogP contribution in [0.2, 0.25) is 5.04 Å². The van der Waals surface area contributed by atoms with Crippen LogP contribution < -0.4 is 0 Å². The van der Waals surface area contributed by atoms with E-state index < -0.39 is 5.04 Å². The summed E-state index contributed by atoms with van der Waals surface area (Å²) in [6.07, 6.45) is 0. The smallest absolute Gasteiger partial charge is 0.139 e. The molecular formula is C6H12O2Si. The first kappa shape index (κ1) is 8.56. The molecule has 0 aliphatic rings. The highest BCUT2D eigenvalue weighted by molar-refractivity contribution is 6.40. The van der Waals surface area contributed by atoms with Crippen LogP contribution in [0.25, 0.3) is 0 Å². The van der Waals surface area contributed by atoms with Crippen LogP contribution in [0.4, 0.5) is 0 Å².